The molecule has 0 saturated heterocycles. The summed E-state index contributed by atoms with van der Waals surface area (Å²) >= 11 is 1.65. The summed E-state index contributed by atoms with van der Waals surface area (Å²) in [5.74, 6) is 0.302. The van der Waals surface area contributed by atoms with Crippen molar-refractivity contribution in [2.45, 2.75) is 21.7 Å². The molecule has 0 aliphatic carbocycles. The number of hydrogen-bond donors (Lipinski definition) is 1. The molecular weight excluding hydrogens is 589 g/mol. The number of sulfonamides is 1. The molecule has 0 atom stereocenters. The Morgan fingerprint density at radius 1 is 0.857 bits per heavy atom. The molecule has 4 aromatic rings. The van der Waals surface area contributed by atoms with Crippen molar-refractivity contribution in [3.05, 3.63) is 108 Å². The molecule has 0 saturated carbocycles. The summed E-state index contributed by atoms with van der Waals surface area (Å²) < 4.78 is 78.9. The molecule has 12 heteroatoms. The van der Waals surface area contributed by atoms with Gasteiger partial charge in [0.1, 0.15) is 6.54 Å². The number of anilines is 2. The largest absolute Gasteiger partial charge is 0.493 e. The molecule has 0 unspecified atom stereocenters. The molecule has 0 aliphatic rings. The Labute approximate surface area is 246 Å². The van der Waals surface area contributed by atoms with Crippen LogP contribution in [0, 0.1) is 0 Å². The van der Waals surface area contributed by atoms with Crippen LogP contribution >= 0.6 is 11.8 Å². The van der Waals surface area contributed by atoms with Crippen LogP contribution in [-0.4, -0.2) is 35.1 Å². The highest BCUT2D eigenvalue weighted by Gasteiger charge is 2.33. The first kappa shape index (κ1) is 30.8. The molecule has 0 fully saturated rings. The number of methoxy groups -OCH3 is 2. The zero-order valence-electron chi connectivity index (χ0n) is 22.6. The molecule has 0 aliphatic heterocycles. The molecule has 4 aromatic carbocycles. The van der Waals surface area contributed by atoms with Crippen molar-refractivity contribution in [2.75, 3.05) is 30.4 Å². The lowest BCUT2D eigenvalue weighted by Gasteiger charge is -2.25. The summed E-state index contributed by atoms with van der Waals surface area (Å²) in [5, 5.41) is 2.63. The lowest BCUT2D eigenvalue weighted by atomic mass is 10.2. The molecule has 1 N–H and O–H groups in total. The minimum absolute atomic E-state index is 0.0949. The Kier molecular flexibility index (Phi) is 9.69. The van der Waals surface area contributed by atoms with Crippen LogP contribution in [-0.2, 0) is 26.7 Å². The van der Waals surface area contributed by atoms with Gasteiger partial charge in [0.15, 0.2) is 11.5 Å². The molecule has 1 amide bonds. The first-order chi connectivity index (χ1) is 20.0. The molecule has 0 radical (unpaired) electrons. The maximum absolute atomic E-state index is 13.7. The molecule has 0 aromatic heterocycles. The summed E-state index contributed by atoms with van der Waals surface area (Å²) in [7, 11) is -1.84. The topological polar surface area (TPSA) is 84.9 Å². The van der Waals surface area contributed by atoms with Gasteiger partial charge < -0.3 is 14.8 Å². The van der Waals surface area contributed by atoms with Crippen LogP contribution in [0.4, 0.5) is 24.5 Å². The van der Waals surface area contributed by atoms with Gasteiger partial charge in [-0.1, -0.05) is 36.4 Å². The van der Waals surface area contributed by atoms with E-state index >= 15 is 0 Å². The lowest BCUT2D eigenvalue weighted by Crippen LogP contribution is -2.38. The number of thioether (sulfide) groups is 1. The minimum atomic E-state index is -4.72. The number of halogens is 3. The summed E-state index contributed by atoms with van der Waals surface area (Å²) in [4.78, 5) is 13.9. The Hall–Kier alpha value is -4.16. The number of hydrogen-bond acceptors (Lipinski definition) is 6. The van der Waals surface area contributed by atoms with Gasteiger partial charge in [0.25, 0.3) is 10.0 Å². The summed E-state index contributed by atoms with van der Waals surface area (Å²) in [6, 6.07) is 24.4. The predicted octanol–water partition coefficient (Wildman–Crippen LogP) is 6.85. The van der Waals surface area contributed by atoms with Crippen LogP contribution in [0.1, 0.15) is 11.1 Å². The monoisotopic (exact) mass is 616 g/mol. The van der Waals surface area contributed by atoms with E-state index in [4.69, 9.17) is 9.47 Å². The van der Waals surface area contributed by atoms with Crippen LogP contribution in [0.25, 0.3) is 0 Å². The quantitative estimate of drug-likeness (QED) is 0.186. The van der Waals surface area contributed by atoms with Crippen molar-refractivity contribution in [3.8, 4) is 11.5 Å². The van der Waals surface area contributed by atoms with Crippen LogP contribution in [0.5, 0.6) is 11.5 Å². The second kappa shape index (κ2) is 13.2. The zero-order valence-corrected chi connectivity index (χ0v) is 24.2. The lowest BCUT2D eigenvalue weighted by molar-refractivity contribution is -0.137. The molecule has 7 nitrogen and oxygen atoms in total. The minimum Gasteiger partial charge on any atom is -0.493 e. The standard InChI is InChI=1S/C30H27F3N2O5S2/c1-39-27-16-15-26(18-28(27)40-2)42(37,38)35(24-8-6-7-22(17-24)30(31,32)33)19-29(36)34-23-13-11-21(12-14-23)20-41-25-9-4-3-5-10-25/h3-18H,19-20H2,1-2H3,(H,34,36). The van der Waals surface area contributed by atoms with E-state index < -0.39 is 34.2 Å². The smallest absolute Gasteiger partial charge is 0.416 e. The van der Waals surface area contributed by atoms with E-state index in [-0.39, 0.29) is 22.1 Å². The number of amides is 1. The number of ether oxygens (including phenoxy) is 2. The molecule has 220 valence electrons. The number of rotatable bonds is 11. The van der Waals surface area contributed by atoms with E-state index in [0.717, 1.165) is 22.6 Å². The first-order valence-corrected chi connectivity index (χ1v) is 14.9. The number of carbonyl (C=O) groups excluding carboxylic acids is 1. The predicted molar refractivity (Wildman–Crippen MR) is 157 cm³/mol. The molecule has 0 bridgehead atoms. The first-order valence-electron chi connectivity index (χ1n) is 12.5. The fourth-order valence-corrected chi connectivity index (χ4v) is 6.26. The van der Waals surface area contributed by atoms with Crippen molar-refractivity contribution in [3.63, 3.8) is 0 Å². The zero-order chi connectivity index (χ0) is 30.3. The normalized spacial score (nSPS) is 11.5. The molecule has 0 heterocycles. The fraction of sp³-hybridized carbons (Fsp3) is 0.167. The average molecular weight is 617 g/mol. The Morgan fingerprint density at radius 2 is 1.55 bits per heavy atom. The van der Waals surface area contributed by atoms with Crippen LogP contribution in [0.2, 0.25) is 0 Å². The summed E-state index contributed by atoms with van der Waals surface area (Å²) in [6.07, 6.45) is -4.72. The third-order valence-electron chi connectivity index (χ3n) is 6.08. The van der Waals surface area contributed by atoms with Gasteiger partial charge in [-0.3, -0.25) is 9.10 Å². The van der Waals surface area contributed by atoms with Gasteiger partial charge >= 0.3 is 6.18 Å². The number of alkyl halides is 3. The maximum atomic E-state index is 13.7. The SMILES string of the molecule is COc1ccc(S(=O)(=O)N(CC(=O)Nc2ccc(CSc3ccccc3)cc2)c2cccc(C(F)(F)F)c2)cc1OC. The highest BCUT2D eigenvalue weighted by Crippen LogP contribution is 2.35. The fourth-order valence-electron chi connectivity index (χ4n) is 3.96. The molecule has 4 rings (SSSR count). The number of nitrogens with zero attached hydrogens (tertiary/aromatic N) is 1. The second-order valence-electron chi connectivity index (χ2n) is 8.92. The third-order valence-corrected chi connectivity index (χ3v) is 8.93. The van der Waals surface area contributed by atoms with Crippen molar-refractivity contribution >= 4 is 39.1 Å². The van der Waals surface area contributed by atoms with Gasteiger partial charge in [-0.15, -0.1) is 11.8 Å². The molecular formula is C30H27F3N2O5S2. The van der Waals surface area contributed by atoms with Crippen molar-refractivity contribution in [1.82, 2.24) is 0 Å². The second-order valence-corrected chi connectivity index (χ2v) is 11.8. The Morgan fingerprint density at radius 3 is 2.19 bits per heavy atom. The highest BCUT2D eigenvalue weighted by atomic mass is 32.2. The van der Waals surface area contributed by atoms with E-state index in [2.05, 4.69) is 5.32 Å². The van der Waals surface area contributed by atoms with Gasteiger partial charge in [-0.05, 0) is 60.2 Å². The summed E-state index contributed by atoms with van der Waals surface area (Å²) in [5.41, 5.74) is 0.0179. The summed E-state index contributed by atoms with van der Waals surface area (Å²) in [6.45, 7) is -0.788. The number of nitrogens with one attached hydrogen (secondary N) is 1. The van der Waals surface area contributed by atoms with Crippen molar-refractivity contribution < 1.29 is 35.9 Å². The Bertz CT molecular complexity index is 1630. The molecule has 0 spiro atoms. The van der Waals surface area contributed by atoms with Crippen molar-refractivity contribution in [1.29, 1.82) is 0 Å². The van der Waals surface area contributed by atoms with E-state index in [0.29, 0.717) is 21.8 Å². The van der Waals surface area contributed by atoms with Crippen LogP contribution in [0.15, 0.2) is 107 Å². The van der Waals surface area contributed by atoms with E-state index in [1.807, 2.05) is 42.5 Å². The Balaban J connectivity index is 1.58. The number of benzene rings is 4. The van der Waals surface area contributed by atoms with E-state index in [9.17, 15) is 26.4 Å². The maximum Gasteiger partial charge on any atom is 0.416 e. The van der Waals surface area contributed by atoms with Crippen LogP contribution in [0.3, 0.4) is 0 Å². The van der Waals surface area contributed by atoms with Gasteiger partial charge in [-0.25, -0.2) is 8.42 Å². The van der Waals surface area contributed by atoms with Gasteiger partial charge in [0.2, 0.25) is 5.91 Å². The number of carbonyl (C=O) groups is 1. The van der Waals surface area contributed by atoms with Gasteiger partial charge in [0.05, 0.1) is 30.4 Å². The average Bonchev–Trinajstić information content (AvgIpc) is 2.99. The third kappa shape index (κ3) is 7.56. The highest BCUT2D eigenvalue weighted by molar-refractivity contribution is 7.98. The van der Waals surface area contributed by atoms with Crippen LogP contribution < -0.4 is 19.1 Å². The van der Waals surface area contributed by atoms with E-state index in [1.165, 1.54) is 38.5 Å². The van der Waals surface area contributed by atoms with Gasteiger partial charge in [-0.2, -0.15) is 13.2 Å². The van der Waals surface area contributed by atoms with E-state index in [1.54, 1.807) is 23.9 Å². The van der Waals surface area contributed by atoms with Gasteiger partial charge in [0, 0.05) is 22.4 Å². The van der Waals surface area contributed by atoms with Crippen molar-refractivity contribution in [2.24, 2.45) is 0 Å². The molecule has 42 heavy (non-hydrogen) atoms.